The van der Waals surface area contributed by atoms with E-state index in [1.54, 1.807) is 0 Å². The molecule has 90 valence electrons. The molecule has 0 rings (SSSR count). The third-order valence-corrected chi connectivity index (χ3v) is 1.13. The summed E-state index contributed by atoms with van der Waals surface area (Å²) in [6.45, 7) is 0. The molecular formula is C6H3F9. The van der Waals surface area contributed by atoms with Crippen LogP contribution in [0, 0.1) is 0 Å². The van der Waals surface area contributed by atoms with Crippen LogP contribution in [0.15, 0.2) is 11.9 Å². The van der Waals surface area contributed by atoms with Gasteiger partial charge in [-0.25, -0.2) is 4.39 Å². The van der Waals surface area contributed by atoms with Gasteiger partial charge >= 0.3 is 18.3 Å². The molecule has 0 N–H and O–H groups in total. The minimum absolute atomic E-state index is 1.24. The molecule has 9 heteroatoms. The third-order valence-electron chi connectivity index (χ3n) is 1.13. The SMILES string of the molecule is F/C(=C\C(F)(F)F)CC(F)(F)C(F)(F)F. The van der Waals surface area contributed by atoms with Gasteiger partial charge in [-0.15, -0.1) is 0 Å². The molecule has 0 atom stereocenters. The number of allylic oxidation sites excluding steroid dienone is 2. The lowest BCUT2D eigenvalue weighted by atomic mass is 10.2. The molecule has 0 aliphatic rings. The van der Waals surface area contributed by atoms with E-state index in [9.17, 15) is 39.5 Å². The first kappa shape index (κ1) is 14.1. The van der Waals surface area contributed by atoms with Crippen molar-refractivity contribution in [3.05, 3.63) is 11.9 Å². The highest BCUT2D eigenvalue weighted by molar-refractivity contribution is 5.01. The second-order valence-electron chi connectivity index (χ2n) is 2.51. The second kappa shape index (κ2) is 3.93. The summed E-state index contributed by atoms with van der Waals surface area (Å²) in [6.07, 6.45) is -15.3. The Kier molecular flexibility index (Phi) is 3.70. The van der Waals surface area contributed by atoms with Crippen molar-refractivity contribution in [1.29, 1.82) is 0 Å². The Morgan fingerprint density at radius 3 is 1.53 bits per heavy atom. The van der Waals surface area contributed by atoms with Crippen LogP contribution in [-0.4, -0.2) is 18.3 Å². The Balaban J connectivity index is 4.69. The minimum Gasteiger partial charge on any atom is -0.212 e. The summed E-state index contributed by atoms with van der Waals surface area (Å²) in [6, 6.07) is 0. The lowest BCUT2D eigenvalue weighted by Crippen LogP contribution is -2.36. The molecule has 0 nitrogen and oxygen atoms in total. The van der Waals surface area contributed by atoms with E-state index in [0.29, 0.717) is 0 Å². The molecule has 0 aliphatic carbocycles. The number of hydrogen-bond donors (Lipinski definition) is 0. The molecule has 0 heterocycles. The average molecular weight is 246 g/mol. The van der Waals surface area contributed by atoms with Crippen molar-refractivity contribution in [3.8, 4) is 0 Å². The summed E-state index contributed by atoms with van der Waals surface area (Å²) in [5.74, 6) is -8.09. The molecule has 0 saturated heterocycles. The van der Waals surface area contributed by atoms with Gasteiger partial charge < -0.3 is 0 Å². The van der Waals surface area contributed by atoms with Gasteiger partial charge in [0.25, 0.3) is 0 Å². The highest BCUT2D eigenvalue weighted by Crippen LogP contribution is 2.40. The Morgan fingerprint density at radius 1 is 0.867 bits per heavy atom. The molecule has 15 heavy (non-hydrogen) atoms. The highest BCUT2D eigenvalue weighted by Gasteiger charge is 2.57. The van der Waals surface area contributed by atoms with E-state index >= 15 is 0 Å². The van der Waals surface area contributed by atoms with E-state index in [2.05, 4.69) is 0 Å². The summed E-state index contributed by atoms with van der Waals surface area (Å²) >= 11 is 0. The molecule has 0 bridgehead atoms. The van der Waals surface area contributed by atoms with E-state index < -0.39 is 36.6 Å². The molecule has 0 aromatic heterocycles. The van der Waals surface area contributed by atoms with Crippen molar-refractivity contribution in [3.63, 3.8) is 0 Å². The zero-order valence-electron chi connectivity index (χ0n) is 6.69. The molecule has 0 unspecified atom stereocenters. The summed E-state index contributed by atoms with van der Waals surface area (Å²) in [5.41, 5.74) is 0. The number of halogens is 9. The molecule has 0 spiro atoms. The first-order chi connectivity index (χ1) is 6.35. The first-order valence-electron chi connectivity index (χ1n) is 3.24. The van der Waals surface area contributed by atoms with Gasteiger partial charge in [-0.2, -0.15) is 35.1 Å². The second-order valence-corrected chi connectivity index (χ2v) is 2.51. The topological polar surface area (TPSA) is 0 Å². The largest absolute Gasteiger partial charge is 0.453 e. The van der Waals surface area contributed by atoms with Crippen LogP contribution in [0.2, 0.25) is 0 Å². The fourth-order valence-electron chi connectivity index (χ4n) is 0.541. The maximum atomic E-state index is 12.1. The number of alkyl halides is 8. The summed E-state index contributed by atoms with van der Waals surface area (Å²) in [7, 11) is 0. The standard InChI is InChI=1S/C6H3F9/c7-3(2-5(10,11)12)1-4(8,9)6(13,14)15/h2H,1H2/b3-2-. The van der Waals surface area contributed by atoms with Crippen molar-refractivity contribution in [1.82, 2.24) is 0 Å². The summed E-state index contributed by atoms with van der Waals surface area (Å²) in [4.78, 5) is 0. The quantitative estimate of drug-likeness (QED) is 0.646. The van der Waals surface area contributed by atoms with Crippen LogP contribution < -0.4 is 0 Å². The van der Waals surface area contributed by atoms with Gasteiger partial charge in [-0.3, -0.25) is 0 Å². The van der Waals surface area contributed by atoms with Gasteiger partial charge in [0, 0.05) is 0 Å². The van der Waals surface area contributed by atoms with Crippen LogP contribution in [-0.2, 0) is 0 Å². The number of rotatable bonds is 2. The van der Waals surface area contributed by atoms with E-state index in [-0.39, 0.29) is 0 Å². The zero-order chi connectivity index (χ0) is 12.5. The summed E-state index contributed by atoms with van der Waals surface area (Å²) in [5, 5.41) is 0. The van der Waals surface area contributed by atoms with Gasteiger partial charge in [0.1, 0.15) is 5.83 Å². The number of hydrogen-bond acceptors (Lipinski definition) is 0. The first-order valence-corrected chi connectivity index (χ1v) is 3.24. The van der Waals surface area contributed by atoms with E-state index in [1.807, 2.05) is 0 Å². The van der Waals surface area contributed by atoms with Gasteiger partial charge in [0.15, 0.2) is 0 Å². The van der Waals surface area contributed by atoms with Gasteiger partial charge in [0.05, 0.1) is 12.5 Å². The van der Waals surface area contributed by atoms with Crippen LogP contribution in [0.4, 0.5) is 39.5 Å². The van der Waals surface area contributed by atoms with E-state index in [1.165, 1.54) is 0 Å². The fourth-order valence-corrected chi connectivity index (χ4v) is 0.541. The molecule has 0 fully saturated rings. The van der Waals surface area contributed by atoms with Crippen LogP contribution in [0.5, 0.6) is 0 Å². The normalized spacial score (nSPS) is 15.7. The van der Waals surface area contributed by atoms with Crippen LogP contribution in [0.1, 0.15) is 6.42 Å². The maximum Gasteiger partial charge on any atom is 0.453 e. The molecule has 0 aliphatic heterocycles. The summed E-state index contributed by atoms with van der Waals surface area (Å²) < 4.78 is 104. The Morgan fingerprint density at radius 2 is 1.27 bits per heavy atom. The van der Waals surface area contributed by atoms with Crippen LogP contribution in [0.25, 0.3) is 0 Å². The Hall–Kier alpha value is -0.890. The Labute approximate surface area is 77.4 Å². The van der Waals surface area contributed by atoms with Crippen molar-refractivity contribution in [2.75, 3.05) is 0 Å². The van der Waals surface area contributed by atoms with E-state index in [4.69, 9.17) is 0 Å². The molecule has 0 aromatic rings. The molecule has 0 aromatic carbocycles. The van der Waals surface area contributed by atoms with Crippen molar-refractivity contribution in [2.24, 2.45) is 0 Å². The lowest BCUT2D eigenvalue weighted by Gasteiger charge is -2.18. The zero-order valence-corrected chi connectivity index (χ0v) is 6.69. The third kappa shape index (κ3) is 4.93. The maximum absolute atomic E-state index is 12.1. The predicted octanol–water partition coefficient (Wildman–Crippen LogP) is 3.99. The molecular weight excluding hydrogens is 243 g/mol. The molecule has 0 radical (unpaired) electrons. The van der Waals surface area contributed by atoms with Crippen LogP contribution in [0.3, 0.4) is 0 Å². The van der Waals surface area contributed by atoms with Gasteiger partial charge in [-0.05, 0) is 0 Å². The van der Waals surface area contributed by atoms with Gasteiger partial charge in [-0.1, -0.05) is 0 Å². The lowest BCUT2D eigenvalue weighted by molar-refractivity contribution is -0.282. The van der Waals surface area contributed by atoms with E-state index in [0.717, 1.165) is 0 Å². The van der Waals surface area contributed by atoms with Gasteiger partial charge in [0.2, 0.25) is 0 Å². The smallest absolute Gasteiger partial charge is 0.212 e. The molecule has 0 saturated carbocycles. The van der Waals surface area contributed by atoms with Crippen LogP contribution >= 0.6 is 0 Å². The highest BCUT2D eigenvalue weighted by atomic mass is 19.4. The average Bonchev–Trinajstić information content (AvgIpc) is 1.75. The van der Waals surface area contributed by atoms with Crippen molar-refractivity contribution < 1.29 is 39.5 Å². The molecule has 0 amide bonds. The van der Waals surface area contributed by atoms with Crippen molar-refractivity contribution in [2.45, 2.75) is 24.7 Å². The van der Waals surface area contributed by atoms with Crippen molar-refractivity contribution >= 4 is 0 Å². The minimum atomic E-state index is -6.08. The fraction of sp³-hybridized carbons (Fsp3) is 0.667. The monoisotopic (exact) mass is 246 g/mol. The Bertz CT molecular complexity index is 242. The predicted molar refractivity (Wildman–Crippen MR) is 30.9 cm³/mol.